The Bertz CT molecular complexity index is 328. The smallest absolute Gasteiger partial charge is 0.0397 e. The van der Waals surface area contributed by atoms with E-state index in [4.69, 9.17) is 0 Å². The maximum atomic E-state index is 3.80. The van der Waals surface area contributed by atoms with Gasteiger partial charge in [0.05, 0.1) is 0 Å². The van der Waals surface area contributed by atoms with Crippen LogP contribution in [0.25, 0.3) is 0 Å². The van der Waals surface area contributed by atoms with Gasteiger partial charge < -0.3 is 0 Å². The predicted octanol–water partition coefficient (Wildman–Crippen LogP) is 5.29. The van der Waals surface area contributed by atoms with Crippen LogP contribution in [0.3, 0.4) is 0 Å². The summed E-state index contributed by atoms with van der Waals surface area (Å²) in [7, 11) is 0. The number of hydrogen-bond acceptors (Lipinski definition) is 0. The van der Waals surface area contributed by atoms with Crippen molar-refractivity contribution in [3.05, 3.63) is 34.9 Å². The van der Waals surface area contributed by atoms with E-state index >= 15 is 0 Å². The van der Waals surface area contributed by atoms with Crippen molar-refractivity contribution < 1.29 is 0 Å². The van der Waals surface area contributed by atoms with Crippen molar-refractivity contribution in [2.45, 2.75) is 51.8 Å². The second kappa shape index (κ2) is 6.44. The fourth-order valence-electron chi connectivity index (χ4n) is 2.06. The van der Waals surface area contributed by atoms with Crippen molar-refractivity contribution in [2.24, 2.45) is 5.92 Å². The van der Waals surface area contributed by atoms with E-state index < -0.39 is 0 Å². The average Bonchev–Trinajstić information content (AvgIpc) is 2.27. The first-order chi connectivity index (χ1) is 7.58. The van der Waals surface area contributed by atoms with E-state index in [2.05, 4.69) is 61.8 Å². The van der Waals surface area contributed by atoms with Gasteiger partial charge in [-0.15, -0.1) is 0 Å². The lowest BCUT2D eigenvalue weighted by Crippen LogP contribution is -1.99. The zero-order chi connectivity index (χ0) is 12.1. The fourth-order valence-corrected chi connectivity index (χ4v) is 3.10. The summed E-state index contributed by atoms with van der Waals surface area (Å²) in [6, 6.07) is 6.95. The quantitative estimate of drug-likeness (QED) is 0.644. The second-order valence-corrected chi connectivity index (χ2v) is 5.94. The molecule has 0 saturated heterocycles. The number of benzene rings is 1. The van der Waals surface area contributed by atoms with E-state index in [0.29, 0.717) is 4.83 Å². The summed E-state index contributed by atoms with van der Waals surface area (Å²) in [6.45, 7) is 9.02. The normalized spacial score (nSPS) is 13.1. The van der Waals surface area contributed by atoms with Crippen molar-refractivity contribution in [1.82, 2.24) is 0 Å². The third-order valence-corrected chi connectivity index (χ3v) is 3.93. The number of alkyl halides is 1. The lowest BCUT2D eigenvalue weighted by Gasteiger charge is -2.15. The molecule has 0 N–H and O–H groups in total. The predicted molar refractivity (Wildman–Crippen MR) is 76.3 cm³/mol. The van der Waals surface area contributed by atoms with E-state index in [1.807, 2.05) is 0 Å². The molecule has 0 bridgehead atoms. The summed E-state index contributed by atoms with van der Waals surface area (Å²) in [4.78, 5) is 0.503. The summed E-state index contributed by atoms with van der Waals surface area (Å²) in [6.07, 6.45) is 3.48. The first kappa shape index (κ1) is 13.8. The molecule has 16 heavy (non-hydrogen) atoms. The minimum Gasteiger partial charge on any atom is -0.0839 e. The zero-order valence-corrected chi connectivity index (χ0v) is 12.5. The van der Waals surface area contributed by atoms with Crippen molar-refractivity contribution in [1.29, 1.82) is 0 Å². The standard InChI is InChI=1S/C15H23Br/c1-5-12-7-8-14(10-13(12)6-2)15(16)9-11(3)4/h7-8,10-11,15H,5-6,9H2,1-4H3. The van der Waals surface area contributed by atoms with Gasteiger partial charge in [0, 0.05) is 4.83 Å². The van der Waals surface area contributed by atoms with Crippen LogP contribution in [0.5, 0.6) is 0 Å². The summed E-state index contributed by atoms with van der Waals surface area (Å²) in [5, 5.41) is 0. The SMILES string of the molecule is CCc1ccc(C(Br)CC(C)C)cc1CC. The highest BCUT2D eigenvalue weighted by molar-refractivity contribution is 9.09. The lowest BCUT2D eigenvalue weighted by atomic mass is 9.96. The van der Waals surface area contributed by atoms with Gasteiger partial charge in [0.15, 0.2) is 0 Å². The van der Waals surface area contributed by atoms with E-state index in [-0.39, 0.29) is 0 Å². The molecule has 0 amide bonds. The molecule has 1 unspecified atom stereocenters. The van der Waals surface area contributed by atoms with E-state index in [0.717, 1.165) is 18.8 Å². The molecule has 0 spiro atoms. The molecule has 0 fully saturated rings. The number of rotatable bonds is 5. The second-order valence-electron chi connectivity index (χ2n) is 4.83. The highest BCUT2D eigenvalue weighted by Crippen LogP contribution is 2.31. The monoisotopic (exact) mass is 282 g/mol. The molecule has 0 aliphatic heterocycles. The molecule has 90 valence electrons. The molecule has 1 aromatic rings. The van der Waals surface area contributed by atoms with Gasteiger partial charge in [0.2, 0.25) is 0 Å². The van der Waals surface area contributed by atoms with E-state index in [1.165, 1.54) is 23.1 Å². The number of halogens is 1. The maximum Gasteiger partial charge on any atom is 0.0397 e. The molecule has 0 heterocycles. The Hall–Kier alpha value is -0.300. The van der Waals surface area contributed by atoms with Crippen molar-refractivity contribution in [2.75, 3.05) is 0 Å². The van der Waals surface area contributed by atoms with Crippen molar-refractivity contribution >= 4 is 15.9 Å². The van der Waals surface area contributed by atoms with Crippen molar-refractivity contribution in [3.63, 3.8) is 0 Å². The maximum absolute atomic E-state index is 3.80. The number of hydrogen-bond donors (Lipinski definition) is 0. The Labute approximate surface area is 109 Å². The van der Waals surface area contributed by atoms with Gasteiger partial charge in [-0.2, -0.15) is 0 Å². The van der Waals surface area contributed by atoms with E-state index in [9.17, 15) is 0 Å². The molecule has 1 rings (SSSR count). The average molecular weight is 283 g/mol. The van der Waals surface area contributed by atoms with Gasteiger partial charge in [0.1, 0.15) is 0 Å². The molecule has 1 atom stereocenters. The molecule has 0 radical (unpaired) electrons. The highest BCUT2D eigenvalue weighted by atomic mass is 79.9. The van der Waals surface area contributed by atoms with Gasteiger partial charge in [-0.3, -0.25) is 0 Å². The van der Waals surface area contributed by atoms with Crippen molar-refractivity contribution in [3.8, 4) is 0 Å². The first-order valence-electron chi connectivity index (χ1n) is 6.34. The Morgan fingerprint density at radius 3 is 2.19 bits per heavy atom. The molecule has 0 saturated carbocycles. The summed E-state index contributed by atoms with van der Waals surface area (Å²) in [5.41, 5.74) is 4.44. The number of aryl methyl sites for hydroxylation is 2. The molecule has 0 nitrogen and oxygen atoms in total. The zero-order valence-electron chi connectivity index (χ0n) is 10.9. The summed E-state index contributed by atoms with van der Waals surface area (Å²) < 4.78 is 0. The first-order valence-corrected chi connectivity index (χ1v) is 7.25. The minimum atomic E-state index is 0.503. The summed E-state index contributed by atoms with van der Waals surface area (Å²) in [5.74, 6) is 0.736. The molecular weight excluding hydrogens is 260 g/mol. The van der Waals surface area contributed by atoms with Crippen LogP contribution in [0.2, 0.25) is 0 Å². The molecule has 0 aromatic heterocycles. The van der Waals surface area contributed by atoms with Gasteiger partial charge in [-0.1, -0.05) is 61.8 Å². The van der Waals surface area contributed by atoms with Crippen LogP contribution in [0, 0.1) is 5.92 Å². The van der Waals surface area contributed by atoms with Gasteiger partial charge in [0.25, 0.3) is 0 Å². The van der Waals surface area contributed by atoms with Crippen LogP contribution >= 0.6 is 15.9 Å². The Morgan fingerprint density at radius 1 is 1.06 bits per heavy atom. The topological polar surface area (TPSA) is 0 Å². The van der Waals surface area contributed by atoms with Gasteiger partial charge >= 0.3 is 0 Å². The van der Waals surface area contributed by atoms with Crippen LogP contribution in [0.4, 0.5) is 0 Å². The molecular formula is C15H23Br. The van der Waals surface area contributed by atoms with Gasteiger partial charge in [-0.05, 0) is 41.9 Å². The third-order valence-electron chi connectivity index (χ3n) is 3.03. The summed E-state index contributed by atoms with van der Waals surface area (Å²) >= 11 is 3.80. The fraction of sp³-hybridized carbons (Fsp3) is 0.600. The Balaban J connectivity index is 2.89. The highest BCUT2D eigenvalue weighted by Gasteiger charge is 2.11. The Morgan fingerprint density at radius 2 is 1.69 bits per heavy atom. The van der Waals surface area contributed by atoms with Gasteiger partial charge in [-0.25, -0.2) is 0 Å². The van der Waals surface area contributed by atoms with Crippen LogP contribution in [-0.4, -0.2) is 0 Å². The lowest BCUT2D eigenvalue weighted by molar-refractivity contribution is 0.583. The third kappa shape index (κ3) is 3.62. The molecule has 0 aliphatic carbocycles. The van der Waals surface area contributed by atoms with Crippen LogP contribution in [0.1, 0.15) is 55.6 Å². The minimum absolute atomic E-state index is 0.503. The Kier molecular flexibility index (Phi) is 5.54. The largest absolute Gasteiger partial charge is 0.0839 e. The van der Waals surface area contributed by atoms with Crippen LogP contribution in [0.15, 0.2) is 18.2 Å². The van der Waals surface area contributed by atoms with Crippen LogP contribution in [-0.2, 0) is 12.8 Å². The molecule has 0 aliphatic rings. The van der Waals surface area contributed by atoms with Crippen LogP contribution < -0.4 is 0 Å². The molecule has 1 heteroatoms. The molecule has 1 aromatic carbocycles. The van der Waals surface area contributed by atoms with E-state index in [1.54, 1.807) is 0 Å².